The molecule has 1 aromatic heterocycles. The van der Waals surface area contributed by atoms with E-state index in [-0.39, 0.29) is 11.3 Å². The van der Waals surface area contributed by atoms with Gasteiger partial charge >= 0.3 is 0 Å². The topological polar surface area (TPSA) is 102 Å². The number of carbonyl (C=O) groups is 1. The van der Waals surface area contributed by atoms with Gasteiger partial charge in [0.15, 0.2) is 0 Å². The lowest BCUT2D eigenvalue weighted by Crippen LogP contribution is -2.19. The highest BCUT2D eigenvalue weighted by Gasteiger charge is 2.19. The molecule has 2 aromatic carbocycles. The molecule has 27 heavy (non-hydrogen) atoms. The molecule has 8 nitrogen and oxygen atoms in total. The van der Waals surface area contributed by atoms with Gasteiger partial charge in [0.05, 0.1) is 28.1 Å². The Balaban J connectivity index is 1.81. The second kappa shape index (κ2) is 7.79. The van der Waals surface area contributed by atoms with Gasteiger partial charge in [-0.05, 0) is 25.1 Å². The highest BCUT2D eigenvalue weighted by molar-refractivity contribution is 6.32. The molecule has 1 amide bonds. The Morgan fingerprint density at radius 3 is 2.59 bits per heavy atom. The van der Waals surface area contributed by atoms with Gasteiger partial charge in [-0.25, -0.2) is 10.1 Å². The first-order valence-corrected chi connectivity index (χ1v) is 8.24. The number of nitro benzene ring substituents is 1. The number of amides is 1. The van der Waals surface area contributed by atoms with Crippen LogP contribution in [0, 0.1) is 17.0 Å². The molecule has 0 saturated heterocycles. The second-order valence-electron chi connectivity index (χ2n) is 5.51. The van der Waals surface area contributed by atoms with Crippen molar-refractivity contribution in [2.45, 2.75) is 6.92 Å². The van der Waals surface area contributed by atoms with Crippen molar-refractivity contribution in [1.82, 2.24) is 15.2 Å². The van der Waals surface area contributed by atoms with Crippen LogP contribution in [-0.4, -0.2) is 26.8 Å². The quantitative estimate of drug-likeness (QED) is 0.413. The second-order valence-corrected chi connectivity index (χ2v) is 5.87. The van der Waals surface area contributed by atoms with Gasteiger partial charge in [0.25, 0.3) is 11.6 Å². The van der Waals surface area contributed by atoms with E-state index in [2.05, 4.69) is 15.6 Å². The number of benzene rings is 2. The number of carbonyl (C=O) groups excluding carboxylic acids is 1. The number of aryl methyl sites for hydroxylation is 1. The number of nitrogens with zero attached hydrogens (tertiary/aromatic N) is 4. The maximum Gasteiger partial charge on any atom is 0.282 e. The van der Waals surface area contributed by atoms with Crippen LogP contribution in [0.15, 0.2) is 59.7 Å². The summed E-state index contributed by atoms with van der Waals surface area (Å²) in [6.07, 6.45) is 1.36. The van der Waals surface area contributed by atoms with Crippen molar-refractivity contribution in [3.05, 3.63) is 86.7 Å². The van der Waals surface area contributed by atoms with Crippen LogP contribution >= 0.6 is 11.6 Å². The largest absolute Gasteiger partial charge is 0.282 e. The summed E-state index contributed by atoms with van der Waals surface area (Å²) in [5, 5.41) is 19.6. The molecule has 0 unspecified atom stereocenters. The number of nitro groups is 1. The molecule has 1 N–H and O–H groups in total. The zero-order chi connectivity index (χ0) is 19.4. The zero-order valence-corrected chi connectivity index (χ0v) is 14.9. The van der Waals surface area contributed by atoms with Crippen LogP contribution in [0.5, 0.6) is 0 Å². The smallest absolute Gasteiger partial charge is 0.267 e. The van der Waals surface area contributed by atoms with E-state index in [0.717, 1.165) is 5.69 Å². The number of nitrogens with one attached hydrogen (secondary N) is 1. The third kappa shape index (κ3) is 3.85. The van der Waals surface area contributed by atoms with Crippen molar-refractivity contribution in [1.29, 1.82) is 0 Å². The summed E-state index contributed by atoms with van der Waals surface area (Å²) in [4.78, 5) is 22.6. The van der Waals surface area contributed by atoms with Crippen molar-refractivity contribution < 1.29 is 9.72 Å². The Hall–Kier alpha value is -3.52. The predicted octanol–water partition coefficient (Wildman–Crippen LogP) is 3.51. The lowest BCUT2D eigenvalue weighted by atomic mass is 10.2. The van der Waals surface area contributed by atoms with Crippen LogP contribution in [0.4, 0.5) is 5.69 Å². The molecule has 0 radical (unpaired) electrons. The first kappa shape index (κ1) is 18.3. The van der Waals surface area contributed by atoms with E-state index in [1.165, 1.54) is 30.5 Å². The Morgan fingerprint density at radius 2 is 1.89 bits per heavy atom. The van der Waals surface area contributed by atoms with Crippen molar-refractivity contribution in [3.8, 4) is 5.69 Å². The van der Waals surface area contributed by atoms with E-state index >= 15 is 0 Å². The summed E-state index contributed by atoms with van der Waals surface area (Å²) in [6.45, 7) is 1.76. The van der Waals surface area contributed by atoms with Gasteiger partial charge in [0.2, 0.25) is 0 Å². The monoisotopic (exact) mass is 383 g/mol. The molecule has 0 aliphatic heterocycles. The molecular formula is C18H14ClN5O3. The molecule has 0 atom stereocenters. The molecule has 0 saturated carbocycles. The average molecular weight is 384 g/mol. The van der Waals surface area contributed by atoms with Crippen molar-refractivity contribution in [3.63, 3.8) is 0 Å². The van der Waals surface area contributed by atoms with Gasteiger partial charge in [-0.2, -0.15) is 10.2 Å². The minimum Gasteiger partial charge on any atom is -0.267 e. The van der Waals surface area contributed by atoms with Gasteiger partial charge in [-0.1, -0.05) is 41.9 Å². The summed E-state index contributed by atoms with van der Waals surface area (Å²) < 4.78 is 1.56. The number of aromatic nitrogens is 2. The van der Waals surface area contributed by atoms with Crippen LogP contribution in [0.2, 0.25) is 5.15 Å². The summed E-state index contributed by atoms with van der Waals surface area (Å²) in [6, 6.07) is 15.0. The molecule has 0 spiro atoms. The van der Waals surface area contributed by atoms with E-state index in [9.17, 15) is 14.9 Å². The van der Waals surface area contributed by atoms with Gasteiger partial charge in [0, 0.05) is 6.07 Å². The standard InChI is InChI=1S/C18H14ClN5O3/c1-12-15(17(19)23(22-12)13-7-3-2-4-8-13)11-20-21-18(25)14-9-5-6-10-16(14)24(26)27/h2-11H,1H3,(H,21,25)/b20-11+. The fraction of sp³-hybridized carbons (Fsp3) is 0.0556. The molecule has 3 rings (SSSR count). The molecule has 0 bridgehead atoms. The van der Waals surface area contributed by atoms with Gasteiger partial charge in [-0.3, -0.25) is 14.9 Å². The number of hydrogen-bond acceptors (Lipinski definition) is 5. The van der Waals surface area contributed by atoms with Gasteiger partial charge in [-0.15, -0.1) is 0 Å². The van der Waals surface area contributed by atoms with Crippen LogP contribution in [0.1, 0.15) is 21.6 Å². The molecular weight excluding hydrogens is 370 g/mol. The fourth-order valence-corrected chi connectivity index (χ4v) is 2.76. The van der Waals surface area contributed by atoms with Crippen molar-refractivity contribution >= 4 is 29.4 Å². The first-order chi connectivity index (χ1) is 13.0. The minimum absolute atomic E-state index is 0.0811. The zero-order valence-electron chi connectivity index (χ0n) is 14.2. The van der Waals surface area contributed by atoms with E-state index in [1.54, 1.807) is 11.6 Å². The van der Waals surface area contributed by atoms with E-state index in [0.29, 0.717) is 16.4 Å². The Morgan fingerprint density at radius 1 is 1.22 bits per heavy atom. The minimum atomic E-state index is -0.692. The van der Waals surface area contributed by atoms with Crippen LogP contribution < -0.4 is 5.43 Å². The summed E-state index contributed by atoms with van der Waals surface area (Å²) >= 11 is 6.37. The Bertz CT molecular complexity index is 1030. The number of halogens is 1. The maximum atomic E-state index is 12.2. The van der Waals surface area contributed by atoms with Crippen LogP contribution in [0.3, 0.4) is 0 Å². The van der Waals surface area contributed by atoms with Crippen molar-refractivity contribution in [2.24, 2.45) is 5.10 Å². The lowest BCUT2D eigenvalue weighted by Gasteiger charge is -2.02. The molecule has 0 aliphatic carbocycles. The number of para-hydroxylation sites is 2. The third-order valence-electron chi connectivity index (χ3n) is 3.75. The van der Waals surface area contributed by atoms with Gasteiger partial charge in [0.1, 0.15) is 10.7 Å². The van der Waals surface area contributed by atoms with Crippen LogP contribution in [-0.2, 0) is 0 Å². The third-order valence-corrected chi connectivity index (χ3v) is 4.12. The highest BCUT2D eigenvalue weighted by atomic mass is 35.5. The lowest BCUT2D eigenvalue weighted by molar-refractivity contribution is -0.385. The maximum absolute atomic E-state index is 12.2. The first-order valence-electron chi connectivity index (χ1n) is 7.86. The molecule has 3 aromatic rings. The van der Waals surface area contributed by atoms with Crippen molar-refractivity contribution in [2.75, 3.05) is 0 Å². The van der Waals surface area contributed by atoms with E-state index < -0.39 is 10.8 Å². The molecule has 9 heteroatoms. The number of hydrazone groups is 1. The summed E-state index contributed by atoms with van der Waals surface area (Å²) in [7, 11) is 0. The predicted molar refractivity (Wildman–Crippen MR) is 101 cm³/mol. The number of hydrogen-bond donors (Lipinski definition) is 1. The molecule has 1 heterocycles. The van der Waals surface area contributed by atoms with Crippen LogP contribution in [0.25, 0.3) is 5.69 Å². The number of rotatable bonds is 5. The van der Waals surface area contributed by atoms with E-state index in [1.807, 2.05) is 30.3 Å². The SMILES string of the molecule is Cc1nn(-c2ccccc2)c(Cl)c1/C=N/NC(=O)c1ccccc1[N+](=O)[O-]. The molecule has 0 fully saturated rings. The highest BCUT2D eigenvalue weighted by Crippen LogP contribution is 2.22. The summed E-state index contributed by atoms with van der Waals surface area (Å²) in [5.41, 5.74) is 3.84. The molecule has 136 valence electrons. The fourth-order valence-electron chi connectivity index (χ4n) is 2.44. The molecule has 0 aliphatic rings. The average Bonchev–Trinajstić information content (AvgIpc) is 2.96. The van der Waals surface area contributed by atoms with E-state index in [4.69, 9.17) is 11.6 Å². The Kier molecular flexibility index (Phi) is 5.28. The normalized spacial score (nSPS) is 10.9. The van der Waals surface area contributed by atoms with Gasteiger partial charge < -0.3 is 0 Å². The Labute approximate surface area is 159 Å². The summed E-state index contributed by atoms with van der Waals surface area (Å²) in [5.74, 6) is -0.692.